The predicted molar refractivity (Wildman–Crippen MR) is 62.3 cm³/mol. The summed E-state index contributed by atoms with van der Waals surface area (Å²) in [6, 6.07) is 3.28. The molecule has 0 heterocycles. The number of halogens is 2. The molecule has 0 aliphatic rings. The lowest BCUT2D eigenvalue weighted by Gasteiger charge is -2.24. The highest BCUT2D eigenvalue weighted by molar-refractivity contribution is 5.19. The topological polar surface area (TPSA) is 47.3 Å². The molecule has 0 radical (unpaired) electrons. The lowest BCUT2D eigenvalue weighted by Crippen LogP contribution is -2.46. The van der Waals surface area contributed by atoms with Gasteiger partial charge in [-0.15, -0.1) is 0 Å². The summed E-state index contributed by atoms with van der Waals surface area (Å²) < 4.78 is 31.3. The van der Waals surface area contributed by atoms with Crippen LogP contribution < -0.4 is 11.3 Å². The van der Waals surface area contributed by atoms with Crippen molar-refractivity contribution >= 4 is 0 Å². The molecule has 3 nitrogen and oxygen atoms in total. The molecule has 1 aromatic carbocycles. The average molecular weight is 244 g/mol. The summed E-state index contributed by atoms with van der Waals surface area (Å²) in [6.45, 7) is 1.96. The van der Waals surface area contributed by atoms with Gasteiger partial charge in [-0.25, -0.2) is 8.78 Å². The van der Waals surface area contributed by atoms with Crippen LogP contribution in [0.3, 0.4) is 0 Å². The zero-order chi connectivity index (χ0) is 12.8. The summed E-state index contributed by atoms with van der Waals surface area (Å²) >= 11 is 0. The van der Waals surface area contributed by atoms with Crippen molar-refractivity contribution in [3.63, 3.8) is 0 Å². The SMILES string of the molecule is CCC(OC)C(Cc1cc(F)cc(F)c1)NN. The van der Waals surface area contributed by atoms with Crippen molar-refractivity contribution < 1.29 is 13.5 Å². The van der Waals surface area contributed by atoms with Crippen molar-refractivity contribution in [2.24, 2.45) is 5.84 Å². The first-order chi connectivity index (χ1) is 8.10. The number of ether oxygens (including phenoxy) is 1. The molecular formula is C12H18F2N2O. The fourth-order valence-electron chi connectivity index (χ4n) is 1.90. The van der Waals surface area contributed by atoms with Gasteiger partial charge in [-0.1, -0.05) is 6.92 Å². The standard InChI is InChI=1S/C12H18F2N2O/c1-3-12(17-2)11(16-15)6-8-4-9(13)7-10(14)5-8/h4-5,7,11-12,16H,3,6,15H2,1-2H3. The minimum atomic E-state index is -0.582. The van der Waals surface area contributed by atoms with Crippen LogP contribution >= 0.6 is 0 Å². The molecule has 0 bridgehead atoms. The molecule has 2 atom stereocenters. The molecule has 0 aliphatic carbocycles. The van der Waals surface area contributed by atoms with Crippen molar-refractivity contribution in [3.05, 3.63) is 35.4 Å². The van der Waals surface area contributed by atoms with Crippen LogP contribution in [0.2, 0.25) is 0 Å². The molecule has 0 saturated heterocycles. The molecule has 0 aromatic heterocycles. The quantitative estimate of drug-likeness (QED) is 0.592. The molecule has 0 spiro atoms. The van der Waals surface area contributed by atoms with Gasteiger partial charge >= 0.3 is 0 Å². The van der Waals surface area contributed by atoms with Gasteiger partial charge in [0.1, 0.15) is 11.6 Å². The molecular weight excluding hydrogens is 226 g/mol. The molecule has 17 heavy (non-hydrogen) atoms. The number of hydrazine groups is 1. The zero-order valence-electron chi connectivity index (χ0n) is 10.0. The third kappa shape index (κ3) is 4.03. The van der Waals surface area contributed by atoms with E-state index >= 15 is 0 Å². The van der Waals surface area contributed by atoms with Crippen LogP contribution in [-0.2, 0) is 11.2 Å². The first-order valence-electron chi connectivity index (χ1n) is 5.54. The van der Waals surface area contributed by atoms with E-state index in [-0.39, 0.29) is 12.1 Å². The molecule has 1 rings (SSSR count). The second kappa shape index (κ2) is 6.64. The van der Waals surface area contributed by atoms with E-state index in [1.807, 2.05) is 6.92 Å². The highest BCUT2D eigenvalue weighted by atomic mass is 19.1. The number of hydrogen-bond acceptors (Lipinski definition) is 3. The minimum absolute atomic E-state index is 0.0914. The third-order valence-corrected chi connectivity index (χ3v) is 2.75. The van der Waals surface area contributed by atoms with Gasteiger partial charge in [0, 0.05) is 13.2 Å². The number of nitrogens with two attached hydrogens (primary N) is 1. The van der Waals surface area contributed by atoms with Crippen molar-refractivity contribution in [1.29, 1.82) is 0 Å². The Balaban J connectivity index is 2.79. The molecule has 0 amide bonds. The van der Waals surface area contributed by atoms with Crippen LogP contribution in [-0.4, -0.2) is 19.3 Å². The maximum Gasteiger partial charge on any atom is 0.126 e. The first-order valence-corrected chi connectivity index (χ1v) is 5.54. The van der Waals surface area contributed by atoms with E-state index in [1.54, 1.807) is 7.11 Å². The van der Waals surface area contributed by atoms with Crippen molar-refractivity contribution in [2.45, 2.75) is 31.9 Å². The van der Waals surface area contributed by atoms with E-state index in [0.29, 0.717) is 12.0 Å². The van der Waals surface area contributed by atoms with Gasteiger partial charge < -0.3 is 4.74 Å². The fourth-order valence-corrected chi connectivity index (χ4v) is 1.90. The van der Waals surface area contributed by atoms with Crippen LogP contribution in [0.5, 0.6) is 0 Å². The van der Waals surface area contributed by atoms with E-state index in [1.165, 1.54) is 12.1 Å². The predicted octanol–water partition coefficient (Wildman–Crippen LogP) is 1.76. The van der Waals surface area contributed by atoms with E-state index in [9.17, 15) is 8.78 Å². The van der Waals surface area contributed by atoms with E-state index in [0.717, 1.165) is 12.5 Å². The Labute approximate surface area is 99.9 Å². The van der Waals surface area contributed by atoms with E-state index in [4.69, 9.17) is 10.6 Å². The number of methoxy groups -OCH3 is 1. The summed E-state index contributed by atoms with van der Waals surface area (Å²) in [7, 11) is 1.59. The van der Waals surface area contributed by atoms with Crippen LogP contribution in [0.25, 0.3) is 0 Å². The minimum Gasteiger partial charge on any atom is -0.380 e. The normalized spacial score (nSPS) is 14.6. The molecule has 2 unspecified atom stereocenters. The number of rotatable bonds is 6. The third-order valence-electron chi connectivity index (χ3n) is 2.75. The fraction of sp³-hybridized carbons (Fsp3) is 0.500. The summed E-state index contributed by atoms with van der Waals surface area (Å²) in [5, 5.41) is 0. The van der Waals surface area contributed by atoms with Crippen LogP contribution in [0.1, 0.15) is 18.9 Å². The summed E-state index contributed by atoms with van der Waals surface area (Å²) in [5.41, 5.74) is 3.18. The van der Waals surface area contributed by atoms with E-state index in [2.05, 4.69) is 5.43 Å². The second-order valence-electron chi connectivity index (χ2n) is 3.94. The molecule has 1 aromatic rings. The number of hydrogen-bond donors (Lipinski definition) is 2. The Morgan fingerprint density at radius 2 is 1.88 bits per heavy atom. The highest BCUT2D eigenvalue weighted by Gasteiger charge is 2.19. The number of benzene rings is 1. The van der Waals surface area contributed by atoms with Gasteiger partial charge in [-0.05, 0) is 30.5 Å². The molecule has 5 heteroatoms. The second-order valence-corrected chi connectivity index (χ2v) is 3.94. The maximum absolute atomic E-state index is 13.0. The van der Waals surface area contributed by atoms with Gasteiger partial charge in [0.2, 0.25) is 0 Å². The Morgan fingerprint density at radius 1 is 1.29 bits per heavy atom. The van der Waals surface area contributed by atoms with Gasteiger partial charge in [0.15, 0.2) is 0 Å². The summed E-state index contributed by atoms with van der Waals surface area (Å²) in [5.74, 6) is 4.27. The highest BCUT2D eigenvalue weighted by Crippen LogP contribution is 2.13. The van der Waals surface area contributed by atoms with Gasteiger partial charge in [0.05, 0.1) is 12.1 Å². The molecule has 0 aliphatic heterocycles. The monoisotopic (exact) mass is 244 g/mol. The Bertz CT molecular complexity index is 336. The number of nitrogens with one attached hydrogen (secondary N) is 1. The molecule has 0 saturated carbocycles. The maximum atomic E-state index is 13.0. The average Bonchev–Trinajstić information content (AvgIpc) is 2.27. The van der Waals surface area contributed by atoms with Crippen molar-refractivity contribution in [2.75, 3.05) is 7.11 Å². The Hall–Kier alpha value is -1.04. The summed E-state index contributed by atoms with van der Waals surface area (Å²) in [4.78, 5) is 0. The Kier molecular flexibility index (Phi) is 5.47. The van der Waals surface area contributed by atoms with Crippen molar-refractivity contribution in [1.82, 2.24) is 5.43 Å². The molecule has 96 valence electrons. The lowest BCUT2D eigenvalue weighted by atomic mass is 10.00. The van der Waals surface area contributed by atoms with E-state index < -0.39 is 11.6 Å². The van der Waals surface area contributed by atoms with Crippen LogP contribution in [0.15, 0.2) is 18.2 Å². The summed E-state index contributed by atoms with van der Waals surface area (Å²) in [6.07, 6.45) is 1.09. The first kappa shape index (κ1) is 14.0. The zero-order valence-corrected chi connectivity index (χ0v) is 10.0. The van der Waals surface area contributed by atoms with Crippen molar-refractivity contribution in [3.8, 4) is 0 Å². The Morgan fingerprint density at radius 3 is 2.29 bits per heavy atom. The molecule has 3 N–H and O–H groups in total. The smallest absolute Gasteiger partial charge is 0.126 e. The van der Waals surface area contributed by atoms with Crippen LogP contribution in [0, 0.1) is 11.6 Å². The van der Waals surface area contributed by atoms with Gasteiger partial charge in [0.25, 0.3) is 0 Å². The largest absolute Gasteiger partial charge is 0.380 e. The lowest BCUT2D eigenvalue weighted by molar-refractivity contribution is 0.0653. The van der Waals surface area contributed by atoms with Gasteiger partial charge in [-0.3, -0.25) is 11.3 Å². The molecule has 0 fully saturated rings. The van der Waals surface area contributed by atoms with Crippen LogP contribution in [0.4, 0.5) is 8.78 Å². The van der Waals surface area contributed by atoms with Gasteiger partial charge in [-0.2, -0.15) is 0 Å².